The molecule has 6 heteroatoms. The van der Waals surface area contributed by atoms with Gasteiger partial charge in [0, 0.05) is 25.6 Å². The molecular weight excluding hydrogens is 320 g/mol. The van der Waals surface area contributed by atoms with Gasteiger partial charge in [-0.05, 0) is 34.5 Å². The van der Waals surface area contributed by atoms with Crippen molar-refractivity contribution in [3.63, 3.8) is 0 Å². The van der Waals surface area contributed by atoms with E-state index < -0.39 is 0 Å². The first-order valence-corrected chi connectivity index (χ1v) is 7.39. The summed E-state index contributed by atoms with van der Waals surface area (Å²) < 4.78 is 8.77. The van der Waals surface area contributed by atoms with Crippen LogP contribution in [-0.4, -0.2) is 21.1 Å². The van der Waals surface area contributed by atoms with E-state index in [1.54, 1.807) is 0 Å². The second-order valence-corrected chi connectivity index (χ2v) is 5.67. The molecule has 0 saturated heterocycles. The van der Waals surface area contributed by atoms with E-state index in [4.69, 9.17) is 4.42 Å². The lowest BCUT2D eigenvalue weighted by Gasteiger charge is -2.15. The van der Waals surface area contributed by atoms with Gasteiger partial charge in [-0.15, -0.1) is 0 Å². The summed E-state index contributed by atoms with van der Waals surface area (Å²) in [5, 5.41) is 3.32. The van der Waals surface area contributed by atoms with Crippen LogP contribution in [0.2, 0.25) is 0 Å². The molecule has 0 saturated carbocycles. The SMILES string of the molecule is Cc1nc2ccc(-c3nc4n(c3Br)CCCN4)cc2o1. The molecular formula is C14H13BrN4O. The molecule has 0 aliphatic carbocycles. The Morgan fingerprint density at radius 2 is 2.25 bits per heavy atom. The highest BCUT2D eigenvalue weighted by molar-refractivity contribution is 9.10. The molecule has 0 amide bonds. The summed E-state index contributed by atoms with van der Waals surface area (Å²) in [5.41, 5.74) is 3.64. The van der Waals surface area contributed by atoms with E-state index in [1.165, 1.54) is 0 Å². The molecule has 3 heterocycles. The van der Waals surface area contributed by atoms with Crippen LogP contribution >= 0.6 is 15.9 Å². The Morgan fingerprint density at radius 1 is 1.35 bits per heavy atom. The molecule has 1 aromatic carbocycles. The fourth-order valence-corrected chi connectivity index (χ4v) is 3.24. The lowest BCUT2D eigenvalue weighted by atomic mass is 10.1. The van der Waals surface area contributed by atoms with E-state index in [0.29, 0.717) is 5.89 Å². The maximum atomic E-state index is 5.60. The minimum atomic E-state index is 0.682. The third-order valence-corrected chi connectivity index (χ3v) is 4.32. The Bertz CT molecular complexity index is 805. The van der Waals surface area contributed by atoms with E-state index in [-0.39, 0.29) is 0 Å². The van der Waals surface area contributed by atoms with Gasteiger partial charge in [-0.25, -0.2) is 9.97 Å². The molecule has 102 valence electrons. The highest BCUT2D eigenvalue weighted by atomic mass is 79.9. The molecule has 0 atom stereocenters. The number of hydrogen-bond donors (Lipinski definition) is 1. The van der Waals surface area contributed by atoms with Crippen molar-refractivity contribution in [3.05, 3.63) is 28.7 Å². The van der Waals surface area contributed by atoms with Gasteiger partial charge in [-0.1, -0.05) is 6.07 Å². The van der Waals surface area contributed by atoms with Crippen molar-refractivity contribution in [2.45, 2.75) is 19.9 Å². The average molecular weight is 333 g/mol. The van der Waals surface area contributed by atoms with E-state index in [1.807, 2.05) is 25.1 Å². The van der Waals surface area contributed by atoms with Gasteiger partial charge in [0.15, 0.2) is 11.5 Å². The smallest absolute Gasteiger partial charge is 0.204 e. The molecule has 2 aromatic heterocycles. The Balaban J connectivity index is 1.87. The Hall–Kier alpha value is -1.82. The van der Waals surface area contributed by atoms with Crippen LogP contribution in [0.1, 0.15) is 12.3 Å². The van der Waals surface area contributed by atoms with Crippen molar-refractivity contribution in [2.24, 2.45) is 0 Å². The highest BCUT2D eigenvalue weighted by Gasteiger charge is 2.19. The van der Waals surface area contributed by atoms with Crippen molar-refractivity contribution in [2.75, 3.05) is 11.9 Å². The average Bonchev–Trinajstić information content (AvgIpc) is 2.98. The molecule has 1 N–H and O–H groups in total. The van der Waals surface area contributed by atoms with Crippen molar-refractivity contribution in [1.82, 2.24) is 14.5 Å². The molecule has 5 nitrogen and oxygen atoms in total. The number of aromatic nitrogens is 3. The summed E-state index contributed by atoms with van der Waals surface area (Å²) >= 11 is 3.66. The zero-order valence-corrected chi connectivity index (χ0v) is 12.6. The third-order valence-electron chi connectivity index (χ3n) is 3.52. The van der Waals surface area contributed by atoms with Crippen molar-refractivity contribution >= 4 is 33.0 Å². The summed E-state index contributed by atoms with van der Waals surface area (Å²) in [7, 11) is 0. The quantitative estimate of drug-likeness (QED) is 0.740. The summed E-state index contributed by atoms with van der Waals surface area (Å²) in [6.07, 6.45) is 1.11. The Morgan fingerprint density at radius 3 is 3.10 bits per heavy atom. The molecule has 0 unspecified atom stereocenters. The predicted molar refractivity (Wildman–Crippen MR) is 80.8 cm³/mol. The topological polar surface area (TPSA) is 55.9 Å². The molecule has 20 heavy (non-hydrogen) atoms. The monoisotopic (exact) mass is 332 g/mol. The van der Waals surface area contributed by atoms with Crippen LogP contribution in [0.15, 0.2) is 27.2 Å². The normalized spacial score (nSPS) is 14.3. The molecule has 4 rings (SSSR count). The van der Waals surface area contributed by atoms with Gasteiger partial charge in [-0.2, -0.15) is 0 Å². The number of nitrogens with one attached hydrogen (secondary N) is 1. The first-order valence-electron chi connectivity index (χ1n) is 6.60. The standard InChI is InChI=1S/C14H13BrN4O/c1-8-17-10-4-3-9(7-11(10)20-8)12-13(15)19-6-2-5-16-14(19)18-12/h3-4,7H,2,5-6H2,1H3,(H,16,18). The largest absolute Gasteiger partial charge is 0.441 e. The van der Waals surface area contributed by atoms with Crippen LogP contribution in [0.25, 0.3) is 22.4 Å². The first-order chi connectivity index (χ1) is 9.72. The maximum Gasteiger partial charge on any atom is 0.204 e. The van der Waals surface area contributed by atoms with Crippen molar-refractivity contribution in [3.8, 4) is 11.3 Å². The number of hydrogen-bond acceptors (Lipinski definition) is 4. The van der Waals surface area contributed by atoms with E-state index in [9.17, 15) is 0 Å². The van der Waals surface area contributed by atoms with E-state index >= 15 is 0 Å². The molecule has 0 bridgehead atoms. The van der Waals surface area contributed by atoms with Crippen LogP contribution in [0, 0.1) is 6.92 Å². The molecule has 3 aromatic rings. The van der Waals surface area contributed by atoms with Crippen LogP contribution in [-0.2, 0) is 6.54 Å². The summed E-state index contributed by atoms with van der Waals surface area (Å²) in [6.45, 7) is 3.82. The summed E-state index contributed by atoms with van der Waals surface area (Å²) in [5.74, 6) is 1.61. The fourth-order valence-electron chi connectivity index (χ4n) is 2.58. The van der Waals surface area contributed by atoms with Gasteiger partial charge >= 0.3 is 0 Å². The summed E-state index contributed by atoms with van der Waals surface area (Å²) in [6, 6.07) is 6.00. The van der Waals surface area contributed by atoms with Gasteiger partial charge in [0.2, 0.25) is 5.95 Å². The number of anilines is 1. The van der Waals surface area contributed by atoms with Crippen LogP contribution in [0.5, 0.6) is 0 Å². The van der Waals surface area contributed by atoms with Crippen LogP contribution in [0.3, 0.4) is 0 Å². The maximum absolute atomic E-state index is 5.60. The lowest BCUT2D eigenvalue weighted by molar-refractivity contribution is 0.561. The fraction of sp³-hybridized carbons (Fsp3) is 0.286. The zero-order valence-electron chi connectivity index (χ0n) is 11.0. The zero-order chi connectivity index (χ0) is 13.7. The number of benzene rings is 1. The third kappa shape index (κ3) is 1.75. The number of halogens is 1. The highest BCUT2D eigenvalue weighted by Crippen LogP contribution is 2.33. The molecule has 0 radical (unpaired) electrons. The number of imidazole rings is 1. The predicted octanol–water partition coefficient (Wildman–Crippen LogP) is 3.58. The number of aryl methyl sites for hydroxylation is 1. The Labute approximate surface area is 124 Å². The van der Waals surface area contributed by atoms with Crippen molar-refractivity contribution in [1.29, 1.82) is 0 Å². The van der Waals surface area contributed by atoms with Gasteiger partial charge in [-0.3, -0.25) is 0 Å². The molecule has 0 fully saturated rings. The second kappa shape index (κ2) is 4.34. The van der Waals surface area contributed by atoms with E-state index in [0.717, 1.165) is 52.4 Å². The van der Waals surface area contributed by atoms with Crippen molar-refractivity contribution < 1.29 is 4.42 Å². The van der Waals surface area contributed by atoms with Gasteiger partial charge in [0.05, 0.1) is 0 Å². The minimum Gasteiger partial charge on any atom is -0.441 e. The number of nitrogens with zero attached hydrogens (tertiary/aromatic N) is 3. The number of fused-ring (bicyclic) bond motifs is 2. The second-order valence-electron chi connectivity index (χ2n) is 4.92. The van der Waals surface area contributed by atoms with Gasteiger partial charge < -0.3 is 14.3 Å². The molecule has 0 spiro atoms. The Kier molecular flexibility index (Phi) is 2.60. The van der Waals surface area contributed by atoms with Gasteiger partial charge in [0.1, 0.15) is 15.8 Å². The van der Waals surface area contributed by atoms with Crippen LogP contribution < -0.4 is 5.32 Å². The summed E-state index contributed by atoms with van der Waals surface area (Å²) in [4.78, 5) is 9.00. The number of rotatable bonds is 1. The van der Waals surface area contributed by atoms with Crippen LogP contribution in [0.4, 0.5) is 5.95 Å². The van der Waals surface area contributed by atoms with Gasteiger partial charge in [0.25, 0.3) is 0 Å². The first kappa shape index (κ1) is 12.0. The number of oxazole rings is 1. The lowest BCUT2D eigenvalue weighted by Crippen LogP contribution is -2.17. The minimum absolute atomic E-state index is 0.682. The molecule has 1 aliphatic rings. The molecule has 1 aliphatic heterocycles. The van der Waals surface area contributed by atoms with E-state index in [2.05, 4.69) is 35.8 Å².